The van der Waals surface area contributed by atoms with Gasteiger partial charge in [-0.3, -0.25) is 13.9 Å². The fourth-order valence-corrected chi connectivity index (χ4v) is 6.67. The summed E-state index contributed by atoms with van der Waals surface area (Å²) in [7, 11) is -4.23. The molecular weight excluding hydrogens is 666 g/mol. The van der Waals surface area contributed by atoms with E-state index in [4.69, 9.17) is 4.74 Å². The number of carbonyl (C=O) groups excluding carboxylic acids is 2. The molecule has 0 heterocycles. The Kier molecular flexibility index (Phi) is 12.4. The molecule has 0 aliphatic rings. The largest absolute Gasteiger partial charge is 0.492 e. The van der Waals surface area contributed by atoms with E-state index in [1.165, 1.54) is 17.0 Å². The van der Waals surface area contributed by atoms with Crippen molar-refractivity contribution < 1.29 is 22.7 Å². The molecule has 0 saturated carbocycles. The molecule has 0 aliphatic heterocycles. The first-order chi connectivity index (χ1) is 22.1. The molecule has 4 aromatic rings. The molecular formula is C36H40BrN3O5S. The van der Waals surface area contributed by atoms with Gasteiger partial charge in [0, 0.05) is 23.5 Å². The Morgan fingerprint density at radius 3 is 2.07 bits per heavy atom. The highest BCUT2D eigenvalue weighted by atomic mass is 79.9. The van der Waals surface area contributed by atoms with Crippen molar-refractivity contribution in [2.45, 2.75) is 57.1 Å². The summed E-state index contributed by atoms with van der Waals surface area (Å²) in [6.45, 7) is 5.53. The Labute approximate surface area is 280 Å². The Bertz CT molecular complexity index is 1690. The van der Waals surface area contributed by atoms with Gasteiger partial charge in [-0.15, -0.1) is 0 Å². The molecule has 0 radical (unpaired) electrons. The van der Waals surface area contributed by atoms with Crippen LogP contribution in [0.5, 0.6) is 5.75 Å². The highest BCUT2D eigenvalue weighted by Gasteiger charge is 2.35. The van der Waals surface area contributed by atoms with Crippen molar-refractivity contribution in [2.75, 3.05) is 17.5 Å². The molecule has 0 bridgehead atoms. The second kappa shape index (κ2) is 16.4. The van der Waals surface area contributed by atoms with Crippen LogP contribution < -0.4 is 14.4 Å². The summed E-state index contributed by atoms with van der Waals surface area (Å²) < 4.78 is 36.2. The van der Waals surface area contributed by atoms with Crippen LogP contribution in [0.25, 0.3) is 0 Å². The molecule has 2 amide bonds. The molecule has 0 spiro atoms. The van der Waals surface area contributed by atoms with Gasteiger partial charge in [-0.2, -0.15) is 0 Å². The van der Waals surface area contributed by atoms with Gasteiger partial charge in [0.2, 0.25) is 11.8 Å². The van der Waals surface area contributed by atoms with Crippen molar-refractivity contribution >= 4 is 43.5 Å². The van der Waals surface area contributed by atoms with Gasteiger partial charge >= 0.3 is 0 Å². The number of hydrogen-bond donors (Lipinski definition) is 1. The van der Waals surface area contributed by atoms with Crippen LogP contribution in [0.15, 0.2) is 119 Å². The van der Waals surface area contributed by atoms with E-state index in [0.717, 1.165) is 19.9 Å². The van der Waals surface area contributed by atoms with Crippen LogP contribution in [-0.4, -0.2) is 50.4 Å². The molecule has 4 aromatic carbocycles. The number of halogens is 1. The van der Waals surface area contributed by atoms with Crippen molar-refractivity contribution in [1.29, 1.82) is 0 Å². The fourth-order valence-electron chi connectivity index (χ4n) is 4.96. The number of para-hydroxylation sites is 2. The Morgan fingerprint density at radius 1 is 0.826 bits per heavy atom. The molecule has 242 valence electrons. The van der Waals surface area contributed by atoms with Crippen LogP contribution in [0.4, 0.5) is 5.69 Å². The van der Waals surface area contributed by atoms with Crippen molar-refractivity contribution in [3.05, 3.63) is 125 Å². The number of ether oxygens (including phenoxy) is 1. The van der Waals surface area contributed by atoms with E-state index in [-0.39, 0.29) is 35.5 Å². The second-order valence-electron chi connectivity index (χ2n) is 10.9. The van der Waals surface area contributed by atoms with Gasteiger partial charge in [-0.1, -0.05) is 95.7 Å². The molecule has 0 aliphatic carbocycles. The van der Waals surface area contributed by atoms with Crippen LogP contribution in [0, 0.1) is 0 Å². The van der Waals surface area contributed by atoms with E-state index in [1.54, 1.807) is 42.5 Å². The number of amides is 2. The zero-order chi connectivity index (χ0) is 33.1. The zero-order valence-corrected chi connectivity index (χ0v) is 28.7. The molecule has 46 heavy (non-hydrogen) atoms. The highest BCUT2D eigenvalue weighted by molar-refractivity contribution is 9.10. The van der Waals surface area contributed by atoms with E-state index < -0.39 is 28.5 Å². The summed E-state index contributed by atoms with van der Waals surface area (Å²) in [6, 6.07) is 30.7. The van der Waals surface area contributed by atoms with Gasteiger partial charge in [-0.05, 0) is 67.8 Å². The maximum absolute atomic E-state index is 14.6. The smallest absolute Gasteiger partial charge is 0.264 e. The molecule has 0 unspecified atom stereocenters. The van der Waals surface area contributed by atoms with Crippen molar-refractivity contribution in [3.8, 4) is 5.75 Å². The lowest BCUT2D eigenvalue weighted by Crippen LogP contribution is -2.54. The van der Waals surface area contributed by atoms with Crippen molar-refractivity contribution in [1.82, 2.24) is 10.2 Å². The third-order valence-electron chi connectivity index (χ3n) is 7.58. The minimum Gasteiger partial charge on any atom is -0.492 e. The first-order valence-corrected chi connectivity index (χ1v) is 17.5. The lowest BCUT2D eigenvalue weighted by molar-refractivity contribution is -0.140. The second-order valence-corrected chi connectivity index (χ2v) is 13.7. The quantitative estimate of drug-likeness (QED) is 0.150. The van der Waals surface area contributed by atoms with Crippen LogP contribution in [-0.2, 0) is 32.6 Å². The van der Waals surface area contributed by atoms with Crippen LogP contribution in [0.2, 0.25) is 0 Å². The topological polar surface area (TPSA) is 96.0 Å². The first-order valence-electron chi connectivity index (χ1n) is 15.3. The average molecular weight is 707 g/mol. The summed E-state index contributed by atoms with van der Waals surface area (Å²) in [5, 5.41) is 3.05. The third kappa shape index (κ3) is 8.98. The van der Waals surface area contributed by atoms with Gasteiger partial charge in [0.15, 0.2) is 0 Å². The van der Waals surface area contributed by atoms with E-state index in [9.17, 15) is 18.0 Å². The first kappa shape index (κ1) is 34.7. The summed E-state index contributed by atoms with van der Waals surface area (Å²) in [5.74, 6) is -0.517. The van der Waals surface area contributed by atoms with Gasteiger partial charge < -0.3 is 15.0 Å². The number of sulfonamides is 1. The maximum Gasteiger partial charge on any atom is 0.264 e. The molecule has 0 aromatic heterocycles. The van der Waals surface area contributed by atoms with Gasteiger partial charge in [0.05, 0.1) is 17.2 Å². The minimum atomic E-state index is -4.23. The summed E-state index contributed by atoms with van der Waals surface area (Å²) in [4.78, 5) is 30.1. The fraction of sp³-hybridized carbons (Fsp3) is 0.278. The highest BCUT2D eigenvalue weighted by Crippen LogP contribution is 2.33. The maximum atomic E-state index is 14.6. The van der Waals surface area contributed by atoms with E-state index >= 15 is 0 Å². The van der Waals surface area contributed by atoms with Crippen LogP contribution >= 0.6 is 15.9 Å². The van der Waals surface area contributed by atoms with Gasteiger partial charge in [-0.25, -0.2) is 8.42 Å². The van der Waals surface area contributed by atoms with Crippen molar-refractivity contribution in [3.63, 3.8) is 0 Å². The normalized spacial score (nSPS) is 12.5. The third-order valence-corrected chi connectivity index (χ3v) is 9.88. The Morgan fingerprint density at radius 2 is 1.43 bits per heavy atom. The number of anilines is 1. The molecule has 8 nitrogen and oxygen atoms in total. The molecule has 0 saturated heterocycles. The van der Waals surface area contributed by atoms with Crippen LogP contribution in [0.3, 0.4) is 0 Å². The molecule has 10 heteroatoms. The SMILES string of the molecule is CCOc1ccccc1N(CC(=O)N(Cc1ccc(Br)cc1)[C@@H](Cc1ccccc1)C(=O)N[C@@H](C)CC)S(=O)(=O)c1ccccc1. The number of rotatable bonds is 15. The standard InChI is InChI=1S/C36H40BrN3O5S/c1-4-27(3)38-36(42)33(24-28-14-8-6-9-15-28)39(25-29-20-22-30(37)23-21-29)35(41)26-40(32-18-12-13-19-34(32)45-5-2)46(43,44)31-16-10-7-11-17-31/h6-23,27,33H,4-5,24-26H2,1-3H3,(H,38,42)/t27-,33-/m0/s1. The predicted molar refractivity (Wildman–Crippen MR) is 185 cm³/mol. The van der Waals surface area contributed by atoms with E-state index in [1.807, 2.05) is 75.4 Å². The average Bonchev–Trinajstić information content (AvgIpc) is 3.07. The predicted octanol–water partition coefficient (Wildman–Crippen LogP) is 6.60. The number of nitrogens with zero attached hydrogens (tertiary/aromatic N) is 2. The van der Waals surface area contributed by atoms with Gasteiger partial charge in [0.25, 0.3) is 10.0 Å². The van der Waals surface area contributed by atoms with E-state index in [2.05, 4.69) is 21.2 Å². The summed E-state index contributed by atoms with van der Waals surface area (Å²) in [5.41, 5.74) is 1.89. The molecule has 1 N–H and O–H groups in total. The lowest BCUT2D eigenvalue weighted by Gasteiger charge is -2.34. The number of nitrogens with one attached hydrogen (secondary N) is 1. The van der Waals surface area contributed by atoms with E-state index in [0.29, 0.717) is 18.8 Å². The molecule has 0 fully saturated rings. The minimum absolute atomic E-state index is 0.0314. The Balaban J connectivity index is 1.83. The van der Waals surface area contributed by atoms with Crippen molar-refractivity contribution in [2.24, 2.45) is 0 Å². The molecule has 2 atom stereocenters. The van der Waals surface area contributed by atoms with Gasteiger partial charge in [0.1, 0.15) is 18.3 Å². The number of carbonyl (C=O) groups is 2. The Hall–Kier alpha value is -4.15. The monoisotopic (exact) mass is 705 g/mol. The number of benzene rings is 4. The zero-order valence-electron chi connectivity index (χ0n) is 26.3. The molecule has 4 rings (SSSR count). The summed E-state index contributed by atoms with van der Waals surface area (Å²) >= 11 is 3.46. The van der Waals surface area contributed by atoms with Crippen LogP contribution in [0.1, 0.15) is 38.3 Å². The summed E-state index contributed by atoms with van der Waals surface area (Å²) in [6.07, 6.45) is 0.952. The lowest BCUT2D eigenvalue weighted by atomic mass is 10.0. The number of hydrogen-bond acceptors (Lipinski definition) is 5.